The second kappa shape index (κ2) is 7.20. The first-order valence-corrected chi connectivity index (χ1v) is 8.25. The van der Waals surface area contributed by atoms with Gasteiger partial charge in [-0.3, -0.25) is 0 Å². The van der Waals surface area contributed by atoms with E-state index in [1.165, 1.54) is 49.1 Å². The second-order valence-electron chi connectivity index (χ2n) is 5.27. The highest BCUT2D eigenvalue weighted by Crippen LogP contribution is 2.32. The highest BCUT2D eigenvalue weighted by molar-refractivity contribution is 7.99. The number of nitrogens with one attached hydrogen (secondary N) is 1. The lowest BCUT2D eigenvalue weighted by Gasteiger charge is -2.20. The lowest BCUT2D eigenvalue weighted by atomic mass is 10.1. The van der Waals surface area contributed by atoms with Gasteiger partial charge < -0.3 is 5.32 Å². The molecule has 0 radical (unpaired) electrons. The molecule has 0 heterocycles. The summed E-state index contributed by atoms with van der Waals surface area (Å²) in [7, 11) is 0. The Hall–Kier alpha value is -0.470. The van der Waals surface area contributed by atoms with Crippen LogP contribution >= 0.6 is 11.8 Å². The summed E-state index contributed by atoms with van der Waals surface area (Å²) in [5.41, 5.74) is 2.93. The fourth-order valence-corrected chi connectivity index (χ4v) is 4.17. The molecular weight excluding hydrogens is 238 g/mol. The summed E-state index contributed by atoms with van der Waals surface area (Å²) in [6.45, 7) is 5.64. The fraction of sp³-hybridized carbons (Fsp3) is 0.625. The number of rotatable bonds is 6. The minimum absolute atomic E-state index is 0.749. The van der Waals surface area contributed by atoms with E-state index >= 15 is 0 Å². The monoisotopic (exact) mass is 263 g/mol. The second-order valence-corrected chi connectivity index (χ2v) is 6.49. The molecule has 1 fully saturated rings. The molecule has 0 amide bonds. The van der Waals surface area contributed by atoms with Gasteiger partial charge in [-0.05, 0) is 43.9 Å². The van der Waals surface area contributed by atoms with Crippen molar-refractivity contribution in [1.29, 1.82) is 0 Å². The molecule has 0 aromatic heterocycles. The Labute approximate surface area is 116 Å². The predicted octanol–water partition coefficient (Wildman–Crippen LogP) is 4.15. The van der Waals surface area contributed by atoms with Crippen molar-refractivity contribution in [3.8, 4) is 0 Å². The van der Waals surface area contributed by atoms with E-state index in [9.17, 15) is 0 Å². The third kappa shape index (κ3) is 3.76. The molecule has 1 aliphatic rings. The van der Waals surface area contributed by atoms with E-state index in [1.54, 1.807) is 0 Å². The van der Waals surface area contributed by atoms with Gasteiger partial charge in [-0.15, -0.1) is 0 Å². The Balaban J connectivity index is 1.84. The van der Waals surface area contributed by atoms with Gasteiger partial charge in [-0.2, -0.15) is 11.8 Å². The summed E-state index contributed by atoms with van der Waals surface area (Å²) >= 11 is 2.15. The van der Waals surface area contributed by atoms with Gasteiger partial charge in [0.15, 0.2) is 0 Å². The van der Waals surface area contributed by atoms with E-state index in [4.69, 9.17) is 0 Å². The number of thioether (sulfide) groups is 1. The third-order valence-electron chi connectivity index (χ3n) is 3.82. The van der Waals surface area contributed by atoms with Crippen LogP contribution < -0.4 is 5.32 Å². The van der Waals surface area contributed by atoms with Gasteiger partial charge in [-0.25, -0.2) is 0 Å². The van der Waals surface area contributed by atoms with Crippen molar-refractivity contribution in [1.82, 2.24) is 5.32 Å². The summed E-state index contributed by atoms with van der Waals surface area (Å²) in [6.07, 6.45) is 5.39. The SMILES string of the molecule is CCCNC1CCCC1SCc1ccccc1C. The highest BCUT2D eigenvalue weighted by Gasteiger charge is 2.26. The Morgan fingerprint density at radius 2 is 2.11 bits per heavy atom. The molecule has 0 spiro atoms. The van der Waals surface area contributed by atoms with Crippen molar-refractivity contribution in [3.05, 3.63) is 35.4 Å². The standard InChI is InChI=1S/C16H25NS/c1-3-11-17-15-9-6-10-16(15)18-12-14-8-5-4-7-13(14)2/h4-5,7-8,15-17H,3,6,9-12H2,1-2H3. The summed E-state index contributed by atoms with van der Waals surface area (Å²) in [6, 6.07) is 9.52. The number of hydrogen-bond acceptors (Lipinski definition) is 2. The maximum Gasteiger partial charge on any atom is 0.0204 e. The minimum Gasteiger partial charge on any atom is -0.313 e. The van der Waals surface area contributed by atoms with Gasteiger partial charge in [0.25, 0.3) is 0 Å². The maximum atomic E-state index is 3.71. The van der Waals surface area contributed by atoms with Crippen LogP contribution in [0.5, 0.6) is 0 Å². The van der Waals surface area contributed by atoms with Crippen molar-refractivity contribution in [2.45, 2.75) is 56.6 Å². The van der Waals surface area contributed by atoms with Crippen LogP contribution in [0.1, 0.15) is 43.7 Å². The molecule has 1 aliphatic carbocycles. The zero-order chi connectivity index (χ0) is 12.8. The maximum absolute atomic E-state index is 3.71. The molecular formula is C16H25NS. The molecule has 2 rings (SSSR count). The molecule has 0 aliphatic heterocycles. The molecule has 1 aromatic rings. The molecule has 2 heteroatoms. The van der Waals surface area contributed by atoms with Gasteiger partial charge >= 0.3 is 0 Å². The van der Waals surface area contributed by atoms with Crippen LogP contribution in [0.3, 0.4) is 0 Å². The van der Waals surface area contributed by atoms with Crippen LogP contribution in [0.4, 0.5) is 0 Å². The first kappa shape index (κ1) is 14.0. The smallest absolute Gasteiger partial charge is 0.0204 e. The zero-order valence-corrected chi connectivity index (χ0v) is 12.4. The van der Waals surface area contributed by atoms with E-state index in [2.05, 4.69) is 55.2 Å². The molecule has 0 saturated heterocycles. The lowest BCUT2D eigenvalue weighted by molar-refractivity contribution is 0.531. The summed E-state index contributed by atoms with van der Waals surface area (Å²) in [4.78, 5) is 0. The summed E-state index contributed by atoms with van der Waals surface area (Å²) < 4.78 is 0. The first-order valence-electron chi connectivity index (χ1n) is 7.20. The molecule has 2 unspecified atom stereocenters. The van der Waals surface area contributed by atoms with Crippen molar-refractivity contribution >= 4 is 11.8 Å². The molecule has 0 bridgehead atoms. The van der Waals surface area contributed by atoms with Gasteiger partial charge in [0.1, 0.15) is 0 Å². The Kier molecular flexibility index (Phi) is 5.58. The molecule has 100 valence electrons. The highest BCUT2D eigenvalue weighted by atomic mass is 32.2. The Bertz CT molecular complexity index is 364. The van der Waals surface area contributed by atoms with Crippen LogP contribution in [0.2, 0.25) is 0 Å². The van der Waals surface area contributed by atoms with E-state index in [0.29, 0.717) is 0 Å². The molecule has 1 nitrogen and oxygen atoms in total. The Morgan fingerprint density at radius 1 is 1.28 bits per heavy atom. The van der Waals surface area contributed by atoms with E-state index in [0.717, 1.165) is 11.3 Å². The zero-order valence-electron chi connectivity index (χ0n) is 11.6. The molecule has 1 saturated carbocycles. The van der Waals surface area contributed by atoms with Crippen molar-refractivity contribution in [3.63, 3.8) is 0 Å². The molecule has 1 aromatic carbocycles. The quantitative estimate of drug-likeness (QED) is 0.827. The third-order valence-corrected chi connectivity index (χ3v) is 5.29. The fourth-order valence-electron chi connectivity index (χ4n) is 2.66. The number of hydrogen-bond donors (Lipinski definition) is 1. The number of aryl methyl sites for hydroxylation is 1. The van der Waals surface area contributed by atoms with Gasteiger partial charge in [0.2, 0.25) is 0 Å². The average Bonchev–Trinajstić information content (AvgIpc) is 2.83. The van der Waals surface area contributed by atoms with Crippen LogP contribution in [0, 0.1) is 6.92 Å². The topological polar surface area (TPSA) is 12.0 Å². The summed E-state index contributed by atoms with van der Waals surface area (Å²) in [5, 5.41) is 4.53. The van der Waals surface area contributed by atoms with Crippen molar-refractivity contribution < 1.29 is 0 Å². The van der Waals surface area contributed by atoms with Crippen LogP contribution in [-0.4, -0.2) is 17.8 Å². The van der Waals surface area contributed by atoms with Gasteiger partial charge in [0, 0.05) is 17.0 Å². The molecule has 18 heavy (non-hydrogen) atoms. The van der Waals surface area contributed by atoms with E-state index in [1.807, 2.05) is 0 Å². The summed E-state index contributed by atoms with van der Waals surface area (Å²) in [5.74, 6) is 1.17. The molecule has 1 N–H and O–H groups in total. The van der Waals surface area contributed by atoms with E-state index < -0.39 is 0 Å². The number of benzene rings is 1. The first-order chi connectivity index (χ1) is 8.81. The van der Waals surface area contributed by atoms with Crippen LogP contribution in [0.15, 0.2) is 24.3 Å². The normalized spacial score (nSPS) is 23.4. The largest absolute Gasteiger partial charge is 0.313 e. The molecule has 2 atom stereocenters. The van der Waals surface area contributed by atoms with Gasteiger partial charge in [0.05, 0.1) is 0 Å². The van der Waals surface area contributed by atoms with Crippen LogP contribution in [-0.2, 0) is 5.75 Å². The lowest BCUT2D eigenvalue weighted by Crippen LogP contribution is -2.34. The predicted molar refractivity (Wildman–Crippen MR) is 82.2 cm³/mol. The minimum atomic E-state index is 0.749. The Morgan fingerprint density at radius 3 is 2.89 bits per heavy atom. The van der Waals surface area contributed by atoms with Crippen LogP contribution in [0.25, 0.3) is 0 Å². The van der Waals surface area contributed by atoms with Crippen molar-refractivity contribution in [2.24, 2.45) is 0 Å². The van der Waals surface area contributed by atoms with Crippen molar-refractivity contribution in [2.75, 3.05) is 6.54 Å². The average molecular weight is 263 g/mol. The van der Waals surface area contributed by atoms with Gasteiger partial charge in [-0.1, -0.05) is 37.6 Å². The van der Waals surface area contributed by atoms with E-state index in [-0.39, 0.29) is 0 Å².